The van der Waals surface area contributed by atoms with E-state index >= 15 is 0 Å². The number of Topliss-reactive ketones (excluding diaryl/α,β-unsaturated/α-hetero) is 1. The number of piperazine rings is 1. The fourth-order valence-electron chi connectivity index (χ4n) is 2.48. The summed E-state index contributed by atoms with van der Waals surface area (Å²) < 4.78 is 26.8. The van der Waals surface area contributed by atoms with Gasteiger partial charge in [-0.05, 0) is 32.9 Å². The van der Waals surface area contributed by atoms with Crippen molar-refractivity contribution in [2.45, 2.75) is 31.7 Å². The van der Waals surface area contributed by atoms with Gasteiger partial charge in [-0.3, -0.25) is 9.69 Å². The second-order valence-electron chi connectivity index (χ2n) is 5.62. The second-order valence-corrected chi connectivity index (χ2v) is 7.56. The lowest BCUT2D eigenvalue weighted by molar-refractivity contribution is 0.101. The fraction of sp³-hybridized carbons (Fsp3) is 0.533. The highest BCUT2D eigenvalue weighted by Gasteiger charge is 2.29. The van der Waals surface area contributed by atoms with Gasteiger partial charge < -0.3 is 0 Å². The van der Waals surface area contributed by atoms with Crippen LogP contribution in [0.2, 0.25) is 0 Å². The summed E-state index contributed by atoms with van der Waals surface area (Å²) in [6, 6.07) is 6.70. The predicted octanol–water partition coefficient (Wildman–Crippen LogP) is 1.60. The van der Waals surface area contributed by atoms with E-state index in [2.05, 4.69) is 18.7 Å². The predicted molar refractivity (Wildman–Crippen MR) is 81.9 cm³/mol. The van der Waals surface area contributed by atoms with Gasteiger partial charge in [-0.25, -0.2) is 8.42 Å². The first kappa shape index (κ1) is 16.1. The van der Waals surface area contributed by atoms with Gasteiger partial charge in [0.1, 0.15) is 0 Å². The minimum absolute atomic E-state index is 0.128. The van der Waals surface area contributed by atoms with Crippen LogP contribution in [0.4, 0.5) is 0 Å². The average Bonchev–Trinajstić information content (AvgIpc) is 2.47. The van der Waals surface area contributed by atoms with Gasteiger partial charge in [-0.2, -0.15) is 4.31 Å². The maximum absolute atomic E-state index is 12.6. The zero-order chi connectivity index (χ0) is 15.6. The van der Waals surface area contributed by atoms with Crippen molar-refractivity contribution in [1.29, 1.82) is 0 Å². The number of hydrogen-bond acceptors (Lipinski definition) is 4. The summed E-state index contributed by atoms with van der Waals surface area (Å²) in [5.74, 6) is -0.128. The molecule has 1 heterocycles. The molecule has 1 aliphatic heterocycles. The number of carbonyl (C=O) groups excluding carboxylic acids is 1. The maximum Gasteiger partial charge on any atom is 0.243 e. The first-order valence-electron chi connectivity index (χ1n) is 7.17. The average molecular weight is 310 g/mol. The van der Waals surface area contributed by atoms with Gasteiger partial charge in [0, 0.05) is 37.8 Å². The number of benzene rings is 1. The molecule has 0 N–H and O–H groups in total. The molecule has 0 saturated carbocycles. The van der Waals surface area contributed by atoms with Crippen molar-refractivity contribution in [3.63, 3.8) is 0 Å². The molecule has 2 rings (SSSR count). The Balaban J connectivity index is 2.19. The van der Waals surface area contributed by atoms with E-state index in [0.717, 1.165) is 13.1 Å². The Bertz CT molecular complexity index is 618. The van der Waals surface area contributed by atoms with E-state index in [1.54, 1.807) is 18.2 Å². The van der Waals surface area contributed by atoms with E-state index < -0.39 is 10.0 Å². The Morgan fingerprint density at radius 1 is 1.14 bits per heavy atom. The third-order valence-electron chi connectivity index (χ3n) is 3.88. The Morgan fingerprint density at radius 3 is 2.29 bits per heavy atom. The van der Waals surface area contributed by atoms with Crippen LogP contribution in [0.25, 0.3) is 0 Å². The molecule has 21 heavy (non-hydrogen) atoms. The van der Waals surface area contributed by atoms with E-state index in [-0.39, 0.29) is 10.7 Å². The largest absolute Gasteiger partial charge is 0.298 e. The summed E-state index contributed by atoms with van der Waals surface area (Å²) in [6.07, 6.45) is 0. The van der Waals surface area contributed by atoms with E-state index in [1.165, 1.54) is 17.3 Å². The molecule has 0 bridgehead atoms. The lowest BCUT2D eigenvalue weighted by atomic mass is 10.2. The number of rotatable bonds is 4. The standard InChI is InChI=1S/C15H22N2O3S/c1-12(2)16-7-9-17(10-8-16)21(19,20)15-6-4-5-14(11-15)13(3)18/h4-6,11-12H,7-10H2,1-3H3. The Labute approximate surface area is 126 Å². The summed E-state index contributed by atoms with van der Waals surface area (Å²) in [5, 5.41) is 0. The molecule has 1 aromatic rings. The van der Waals surface area contributed by atoms with Gasteiger partial charge in [0.2, 0.25) is 10.0 Å². The summed E-state index contributed by atoms with van der Waals surface area (Å²) in [5.41, 5.74) is 0.428. The van der Waals surface area contributed by atoms with E-state index in [9.17, 15) is 13.2 Å². The van der Waals surface area contributed by atoms with Crippen LogP contribution in [-0.4, -0.2) is 55.6 Å². The van der Waals surface area contributed by atoms with Crippen LogP contribution in [-0.2, 0) is 10.0 Å². The third-order valence-corrected chi connectivity index (χ3v) is 5.78. The Hall–Kier alpha value is -1.24. The molecule has 0 aliphatic carbocycles. The number of ketones is 1. The SMILES string of the molecule is CC(=O)c1cccc(S(=O)(=O)N2CCN(C(C)C)CC2)c1. The van der Waals surface area contributed by atoms with Crippen molar-refractivity contribution in [1.82, 2.24) is 9.21 Å². The Kier molecular flexibility index (Phi) is 4.81. The topological polar surface area (TPSA) is 57.7 Å². The molecule has 0 amide bonds. The van der Waals surface area contributed by atoms with Gasteiger partial charge in [-0.15, -0.1) is 0 Å². The van der Waals surface area contributed by atoms with Crippen molar-refractivity contribution < 1.29 is 13.2 Å². The minimum Gasteiger partial charge on any atom is -0.298 e. The highest BCUT2D eigenvalue weighted by molar-refractivity contribution is 7.89. The molecule has 1 aliphatic rings. The van der Waals surface area contributed by atoms with Gasteiger partial charge in [0.15, 0.2) is 5.78 Å². The van der Waals surface area contributed by atoms with Crippen molar-refractivity contribution in [3.8, 4) is 0 Å². The number of sulfonamides is 1. The van der Waals surface area contributed by atoms with Crippen LogP contribution < -0.4 is 0 Å². The van der Waals surface area contributed by atoms with Crippen LogP contribution in [0.5, 0.6) is 0 Å². The normalized spacial score (nSPS) is 18.1. The zero-order valence-corrected chi connectivity index (χ0v) is 13.6. The molecule has 0 radical (unpaired) electrons. The quantitative estimate of drug-likeness (QED) is 0.793. The van der Waals surface area contributed by atoms with Crippen LogP contribution >= 0.6 is 0 Å². The minimum atomic E-state index is -3.51. The maximum atomic E-state index is 12.6. The molecule has 0 atom stereocenters. The van der Waals surface area contributed by atoms with Gasteiger partial charge in [-0.1, -0.05) is 12.1 Å². The van der Waals surface area contributed by atoms with Gasteiger partial charge >= 0.3 is 0 Å². The van der Waals surface area contributed by atoms with E-state index in [0.29, 0.717) is 24.7 Å². The molecule has 0 spiro atoms. The van der Waals surface area contributed by atoms with Crippen LogP contribution in [0, 0.1) is 0 Å². The van der Waals surface area contributed by atoms with E-state index in [1.807, 2.05) is 0 Å². The lowest BCUT2D eigenvalue weighted by Crippen LogP contribution is -2.50. The molecule has 5 nitrogen and oxygen atoms in total. The third kappa shape index (κ3) is 3.51. The summed E-state index contributed by atoms with van der Waals surface area (Å²) in [6.45, 7) is 8.12. The molecule has 0 unspecified atom stereocenters. The first-order valence-corrected chi connectivity index (χ1v) is 8.61. The van der Waals surface area contributed by atoms with Crippen LogP contribution in [0.1, 0.15) is 31.1 Å². The monoisotopic (exact) mass is 310 g/mol. The zero-order valence-electron chi connectivity index (χ0n) is 12.7. The summed E-state index contributed by atoms with van der Waals surface area (Å²) in [4.78, 5) is 13.9. The first-order chi connectivity index (χ1) is 9.82. The second kappa shape index (κ2) is 6.25. The molecule has 1 aromatic carbocycles. The van der Waals surface area contributed by atoms with Gasteiger partial charge in [0.05, 0.1) is 4.90 Å². The fourth-order valence-corrected chi connectivity index (χ4v) is 3.95. The number of carbonyl (C=O) groups is 1. The van der Waals surface area contributed by atoms with Crippen molar-refractivity contribution in [2.24, 2.45) is 0 Å². The smallest absolute Gasteiger partial charge is 0.243 e. The summed E-state index contributed by atoms with van der Waals surface area (Å²) >= 11 is 0. The van der Waals surface area contributed by atoms with E-state index in [4.69, 9.17) is 0 Å². The molecule has 1 saturated heterocycles. The Morgan fingerprint density at radius 2 is 1.76 bits per heavy atom. The summed E-state index contributed by atoms with van der Waals surface area (Å²) in [7, 11) is -3.51. The van der Waals surface area contributed by atoms with Crippen LogP contribution in [0.3, 0.4) is 0 Å². The van der Waals surface area contributed by atoms with Crippen molar-refractivity contribution in [2.75, 3.05) is 26.2 Å². The lowest BCUT2D eigenvalue weighted by Gasteiger charge is -2.36. The number of hydrogen-bond donors (Lipinski definition) is 0. The highest BCUT2D eigenvalue weighted by atomic mass is 32.2. The molecular weight excluding hydrogens is 288 g/mol. The highest BCUT2D eigenvalue weighted by Crippen LogP contribution is 2.19. The van der Waals surface area contributed by atoms with Crippen molar-refractivity contribution in [3.05, 3.63) is 29.8 Å². The molecular formula is C15H22N2O3S. The molecule has 1 fully saturated rings. The van der Waals surface area contributed by atoms with Gasteiger partial charge in [0.25, 0.3) is 0 Å². The van der Waals surface area contributed by atoms with Crippen LogP contribution in [0.15, 0.2) is 29.2 Å². The molecule has 6 heteroatoms. The number of nitrogens with zero attached hydrogens (tertiary/aromatic N) is 2. The van der Waals surface area contributed by atoms with Crippen molar-refractivity contribution >= 4 is 15.8 Å². The molecule has 0 aromatic heterocycles. The molecule has 116 valence electrons.